The third kappa shape index (κ3) is 6.23. The molecule has 0 N–H and O–H groups in total. The molecule has 0 unspecified atom stereocenters. The predicted octanol–water partition coefficient (Wildman–Crippen LogP) is 8.81. The third-order valence-electron chi connectivity index (χ3n) is 6.17. The van der Waals surface area contributed by atoms with Gasteiger partial charge in [-0.15, -0.1) is 0 Å². The largest absolute Gasteiger partial charge is 0.457 e. The molecule has 0 heterocycles. The number of sulfone groups is 1. The molecule has 0 amide bonds. The molecule has 0 radical (unpaired) electrons. The number of hydrogen-bond acceptors (Lipinski definition) is 4. The first-order valence-electron chi connectivity index (χ1n) is 12.3. The molecular weight excluding hydrogens is 480 g/mol. The molecule has 0 saturated heterocycles. The van der Waals surface area contributed by atoms with E-state index in [0.29, 0.717) is 11.5 Å². The summed E-state index contributed by atoms with van der Waals surface area (Å²) in [5.41, 5.74) is 3.51. The normalized spacial score (nSPS) is 12.3. The molecule has 0 bridgehead atoms. The van der Waals surface area contributed by atoms with Gasteiger partial charge in [0.1, 0.15) is 23.0 Å². The van der Waals surface area contributed by atoms with Crippen LogP contribution in [0.2, 0.25) is 0 Å². The van der Waals surface area contributed by atoms with E-state index in [1.54, 1.807) is 45.0 Å². The summed E-state index contributed by atoms with van der Waals surface area (Å²) >= 11 is 0. The molecule has 0 aromatic heterocycles. The smallest absolute Gasteiger partial charge is 0.183 e. The molecule has 192 valence electrons. The fourth-order valence-electron chi connectivity index (χ4n) is 3.77. The summed E-state index contributed by atoms with van der Waals surface area (Å²) in [4.78, 5) is 0.289. The van der Waals surface area contributed by atoms with Crippen LogP contribution < -0.4 is 9.47 Å². The zero-order valence-corrected chi connectivity index (χ0v) is 23.1. The van der Waals surface area contributed by atoms with Crippen LogP contribution in [0.15, 0.2) is 102 Å². The minimum atomic E-state index is -3.40. The highest BCUT2D eigenvalue weighted by Gasteiger charge is 2.30. The Labute approximate surface area is 220 Å². The highest BCUT2D eigenvalue weighted by Crippen LogP contribution is 2.31. The van der Waals surface area contributed by atoms with Gasteiger partial charge in [-0.25, -0.2) is 8.42 Å². The Hall–Kier alpha value is -3.57. The molecule has 4 nitrogen and oxygen atoms in total. The van der Waals surface area contributed by atoms with Crippen LogP contribution in [0.4, 0.5) is 0 Å². The summed E-state index contributed by atoms with van der Waals surface area (Å²) in [6.45, 7) is 11.7. The van der Waals surface area contributed by atoms with Gasteiger partial charge in [0.15, 0.2) is 9.84 Å². The van der Waals surface area contributed by atoms with E-state index in [0.717, 1.165) is 22.6 Å². The van der Waals surface area contributed by atoms with E-state index in [2.05, 4.69) is 32.9 Å². The molecule has 0 saturated carbocycles. The van der Waals surface area contributed by atoms with Crippen molar-refractivity contribution in [2.45, 2.75) is 56.6 Å². The maximum absolute atomic E-state index is 12.6. The molecule has 0 aliphatic rings. The van der Waals surface area contributed by atoms with Crippen molar-refractivity contribution in [3.63, 3.8) is 0 Å². The summed E-state index contributed by atoms with van der Waals surface area (Å²) < 4.78 is 36.3. The average molecular weight is 515 g/mol. The Bertz CT molecular complexity index is 1440. The molecule has 0 spiro atoms. The summed E-state index contributed by atoms with van der Waals surface area (Å²) in [5.74, 6) is 2.85. The van der Waals surface area contributed by atoms with Crippen LogP contribution in [-0.2, 0) is 15.3 Å². The molecular formula is C32H34O4S. The molecule has 4 aromatic carbocycles. The van der Waals surface area contributed by atoms with Crippen LogP contribution in [0, 0.1) is 0 Å². The van der Waals surface area contributed by atoms with Crippen LogP contribution >= 0.6 is 0 Å². The van der Waals surface area contributed by atoms with Gasteiger partial charge < -0.3 is 9.47 Å². The SMILES string of the molecule is CC(C)(C)c1ccc(Oc2ccc(-c3ccc(Oc4ccc(S(=O)(=O)C(C)(C)C)cc4)cc3)cc2)cc1. The van der Waals surface area contributed by atoms with E-state index >= 15 is 0 Å². The summed E-state index contributed by atoms with van der Waals surface area (Å²) in [7, 11) is -3.40. The Morgan fingerprint density at radius 2 is 0.811 bits per heavy atom. The number of hydrogen-bond donors (Lipinski definition) is 0. The summed E-state index contributed by atoms with van der Waals surface area (Å²) in [6.07, 6.45) is 0. The minimum Gasteiger partial charge on any atom is -0.457 e. The van der Waals surface area contributed by atoms with Crippen molar-refractivity contribution in [2.24, 2.45) is 0 Å². The first-order valence-corrected chi connectivity index (χ1v) is 13.8. The van der Waals surface area contributed by atoms with Gasteiger partial charge in [0.05, 0.1) is 9.64 Å². The van der Waals surface area contributed by atoms with E-state index in [9.17, 15) is 8.42 Å². The van der Waals surface area contributed by atoms with Crippen molar-refractivity contribution in [2.75, 3.05) is 0 Å². The lowest BCUT2D eigenvalue weighted by atomic mass is 9.87. The standard InChI is InChI=1S/C32H34O4S/c1-31(2,3)25-11-17-28(18-12-25)35-26-13-7-23(8-14-26)24-9-15-27(16-10-24)36-29-19-21-30(22-20-29)37(33,34)32(4,5)6/h7-22H,1-6H3. The van der Waals surface area contributed by atoms with Gasteiger partial charge in [-0.1, -0.05) is 57.2 Å². The molecule has 0 aliphatic heterocycles. The van der Waals surface area contributed by atoms with Crippen LogP contribution in [-0.4, -0.2) is 13.2 Å². The fraction of sp³-hybridized carbons (Fsp3) is 0.250. The van der Waals surface area contributed by atoms with Gasteiger partial charge in [0.2, 0.25) is 0 Å². The van der Waals surface area contributed by atoms with Crippen molar-refractivity contribution >= 4 is 9.84 Å². The second-order valence-corrected chi connectivity index (χ2v) is 13.8. The highest BCUT2D eigenvalue weighted by molar-refractivity contribution is 7.92. The zero-order chi connectivity index (χ0) is 26.8. The molecule has 4 rings (SSSR count). The Balaban J connectivity index is 1.40. The molecule has 5 heteroatoms. The van der Waals surface area contributed by atoms with Crippen molar-refractivity contribution in [1.82, 2.24) is 0 Å². The van der Waals surface area contributed by atoms with Crippen molar-refractivity contribution in [3.05, 3.63) is 103 Å². The van der Waals surface area contributed by atoms with Crippen LogP contribution in [0.5, 0.6) is 23.0 Å². The van der Waals surface area contributed by atoms with E-state index < -0.39 is 14.6 Å². The Morgan fingerprint density at radius 3 is 1.14 bits per heavy atom. The lowest BCUT2D eigenvalue weighted by Gasteiger charge is -2.19. The van der Waals surface area contributed by atoms with Crippen LogP contribution in [0.3, 0.4) is 0 Å². The van der Waals surface area contributed by atoms with Crippen molar-refractivity contribution < 1.29 is 17.9 Å². The van der Waals surface area contributed by atoms with E-state index in [-0.39, 0.29) is 10.3 Å². The lowest BCUT2D eigenvalue weighted by Crippen LogP contribution is -2.27. The Morgan fingerprint density at radius 1 is 0.486 bits per heavy atom. The first-order chi connectivity index (χ1) is 17.3. The van der Waals surface area contributed by atoms with Crippen LogP contribution in [0.1, 0.15) is 47.1 Å². The molecule has 4 aromatic rings. The van der Waals surface area contributed by atoms with Gasteiger partial charge in [0, 0.05) is 0 Å². The number of rotatable bonds is 6. The highest BCUT2D eigenvalue weighted by atomic mass is 32.2. The second-order valence-electron chi connectivity index (χ2n) is 11.1. The molecule has 0 atom stereocenters. The summed E-state index contributed by atoms with van der Waals surface area (Å²) in [6, 6.07) is 30.5. The predicted molar refractivity (Wildman–Crippen MR) is 151 cm³/mol. The van der Waals surface area contributed by atoms with E-state index in [1.165, 1.54) is 5.56 Å². The third-order valence-corrected chi connectivity index (χ3v) is 8.68. The minimum absolute atomic E-state index is 0.112. The molecule has 0 aliphatic carbocycles. The average Bonchev–Trinajstić information content (AvgIpc) is 2.84. The summed E-state index contributed by atoms with van der Waals surface area (Å²) in [5, 5.41) is 0. The van der Waals surface area contributed by atoms with Crippen molar-refractivity contribution in [1.29, 1.82) is 0 Å². The molecule has 37 heavy (non-hydrogen) atoms. The quantitative estimate of drug-likeness (QED) is 0.258. The van der Waals surface area contributed by atoms with Crippen LogP contribution in [0.25, 0.3) is 11.1 Å². The second kappa shape index (κ2) is 10.1. The monoisotopic (exact) mass is 514 g/mol. The van der Waals surface area contributed by atoms with Gasteiger partial charge in [-0.3, -0.25) is 0 Å². The maximum Gasteiger partial charge on any atom is 0.183 e. The van der Waals surface area contributed by atoms with Gasteiger partial charge in [-0.2, -0.15) is 0 Å². The first kappa shape index (κ1) is 26.5. The topological polar surface area (TPSA) is 52.6 Å². The lowest BCUT2D eigenvalue weighted by molar-refractivity contribution is 0.481. The number of benzene rings is 4. The van der Waals surface area contributed by atoms with E-state index in [1.807, 2.05) is 60.7 Å². The zero-order valence-electron chi connectivity index (χ0n) is 22.3. The Kier molecular flexibility index (Phi) is 7.20. The van der Waals surface area contributed by atoms with Gasteiger partial charge >= 0.3 is 0 Å². The van der Waals surface area contributed by atoms with E-state index in [4.69, 9.17) is 9.47 Å². The maximum atomic E-state index is 12.6. The number of ether oxygens (including phenoxy) is 2. The van der Waals surface area contributed by atoms with Gasteiger partial charge in [0.25, 0.3) is 0 Å². The van der Waals surface area contributed by atoms with Gasteiger partial charge in [-0.05, 0) is 104 Å². The van der Waals surface area contributed by atoms with Crippen molar-refractivity contribution in [3.8, 4) is 34.1 Å². The fourth-order valence-corrected chi connectivity index (χ4v) is 4.97. The molecule has 0 fully saturated rings.